The molecule has 1 aromatic carbocycles. The van der Waals surface area contributed by atoms with Crippen LogP contribution >= 0.6 is 24.0 Å². The van der Waals surface area contributed by atoms with Crippen LogP contribution in [0.15, 0.2) is 41.5 Å². The molecule has 0 amide bonds. The van der Waals surface area contributed by atoms with Crippen LogP contribution in [0.4, 0.5) is 0 Å². The SMILES string of the molecule is Cl.NC1=NC(Cl)(c2ccc(C(=O)O)cc2)NC=C1. The van der Waals surface area contributed by atoms with Crippen molar-refractivity contribution in [3.63, 3.8) is 0 Å². The molecule has 0 aliphatic carbocycles. The first-order chi connectivity index (χ1) is 8.01. The Morgan fingerprint density at radius 3 is 2.50 bits per heavy atom. The summed E-state index contributed by atoms with van der Waals surface area (Å²) in [7, 11) is 0. The van der Waals surface area contributed by atoms with E-state index in [0.29, 0.717) is 11.4 Å². The van der Waals surface area contributed by atoms with E-state index in [0.717, 1.165) is 0 Å². The first-order valence-corrected chi connectivity index (χ1v) is 5.21. The molecule has 0 saturated heterocycles. The van der Waals surface area contributed by atoms with Crippen LogP contribution in [0.2, 0.25) is 0 Å². The van der Waals surface area contributed by atoms with Crippen molar-refractivity contribution in [3.8, 4) is 0 Å². The Morgan fingerprint density at radius 1 is 1.39 bits per heavy atom. The second kappa shape index (κ2) is 5.29. The monoisotopic (exact) mass is 287 g/mol. The molecule has 5 nitrogen and oxygen atoms in total. The van der Waals surface area contributed by atoms with Gasteiger partial charge in [-0.15, -0.1) is 12.4 Å². The molecule has 18 heavy (non-hydrogen) atoms. The van der Waals surface area contributed by atoms with E-state index in [-0.39, 0.29) is 18.0 Å². The quantitative estimate of drug-likeness (QED) is 0.570. The van der Waals surface area contributed by atoms with Gasteiger partial charge in [-0.3, -0.25) is 0 Å². The molecule has 2 rings (SSSR count). The third-order valence-corrected chi connectivity index (χ3v) is 2.74. The third kappa shape index (κ3) is 2.75. The number of alkyl halides is 1. The van der Waals surface area contributed by atoms with Gasteiger partial charge >= 0.3 is 5.97 Å². The van der Waals surface area contributed by atoms with Crippen molar-refractivity contribution in [1.82, 2.24) is 5.32 Å². The molecule has 0 bridgehead atoms. The number of carbonyl (C=O) groups is 1. The molecule has 0 fully saturated rings. The molecule has 1 heterocycles. The minimum atomic E-state index is -1.17. The zero-order valence-corrected chi connectivity index (χ0v) is 10.7. The van der Waals surface area contributed by atoms with Gasteiger partial charge in [0.2, 0.25) is 5.12 Å². The maximum atomic E-state index is 10.7. The molecule has 1 unspecified atom stereocenters. The van der Waals surface area contributed by atoms with E-state index in [9.17, 15) is 4.79 Å². The van der Waals surface area contributed by atoms with Crippen LogP contribution in [0.3, 0.4) is 0 Å². The van der Waals surface area contributed by atoms with Gasteiger partial charge in [-0.05, 0) is 18.2 Å². The van der Waals surface area contributed by atoms with Crippen molar-refractivity contribution in [2.45, 2.75) is 5.12 Å². The van der Waals surface area contributed by atoms with Crippen molar-refractivity contribution < 1.29 is 9.90 Å². The standard InChI is InChI=1S/C11H10ClN3O2.ClH/c12-11(14-6-5-9(13)15-11)8-3-1-7(2-4-8)10(16)17;/h1-6,14H,(H2,13,15)(H,16,17);1H. The Morgan fingerprint density at radius 2 is 2.00 bits per heavy atom. The Labute approximate surface area is 115 Å². The molecule has 1 atom stereocenters. The number of hydrogen-bond acceptors (Lipinski definition) is 4. The molecule has 4 N–H and O–H groups in total. The molecule has 0 aromatic heterocycles. The maximum Gasteiger partial charge on any atom is 0.335 e. The van der Waals surface area contributed by atoms with Crippen molar-refractivity contribution in [1.29, 1.82) is 0 Å². The number of nitrogens with zero attached hydrogens (tertiary/aromatic N) is 1. The second-order valence-electron chi connectivity index (χ2n) is 3.52. The first kappa shape index (κ1) is 14.3. The van der Waals surface area contributed by atoms with E-state index < -0.39 is 11.1 Å². The van der Waals surface area contributed by atoms with E-state index in [2.05, 4.69) is 10.3 Å². The van der Waals surface area contributed by atoms with Gasteiger partial charge < -0.3 is 16.2 Å². The van der Waals surface area contributed by atoms with Crippen LogP contribution in [-0.4, -0.2) is 16.9 Å². The molecule has 1 aliphatic rings. The van der Waals surface area contributed by atoms with Crippen LogP contribution in [-0.2, 0) is 5.12 Å². The molecule has 0 saturated carbocycles. The summed E-state index contributed by atoms with van der Waals surface area (Å²) in [5, 5.41) is 10.5. The van der Waals surface area contributed by atoms with Crippen molar-refractivity contribution in [2.24, 2.45) is 10.7 Å². The second-order valence-corrected chi connectivity index (χ2v) is 4.07. The number of carboxylic acid groups (broad SMARTS) is 1. The molecular formula is C11H11Cl2N3O2. The Kier molecular flexibility index (Phi) is 4.21. The number of rotatable bonds is 2. The maximum absolute atomic E-state index is 10.7. The van der Waals surface area contributed by atoms with E-state index >= 15 is 0 Å². The summed E-state index contributed by atoms with van der Waals surface area (Å²) in [6.45, 7) is 0. The topological polar surface area (TPSA) is 87.7 Å². The summed E-state index contributed by atoms with van der Waals surface area (Å²) in [5.41, 5.74) is 6.38. The summed E-state index contributed by atoms with van der Waals surface area (Å²) in [5.74, 6) is -0.680. The number of benzene rings is 1. The molecule has 7 heteroatoms. The fourth-order valence-corrected chi connectivity index (χ4v) is 1.75. The van der Waals surface area contributed by atoms with Gasteiger partial charge in [-0.2, -0.15) is 0 Å². The van der Waals surface area contributed by atoms with Crippen molar-refractivity contribution in [2.75, 3.05) is 0 Å². The highest BCUT2D eigenvalue weighted by atomic mass is 35.5. The van der Waals surface area contributed by atoms with Crippen molar-refractivity contribution >= 4 is 35.8 Å². The van der Waals surface area contributed by atoms with E-state index in [4.69, 9.17) is 22.4 Å². The predicted molar refractivity (Wildman–Crippen MR) is 72.1 cm³/mol. The third-order valence-electron chi connectivity index (χ3n) is 2.33. The normalized spacial score (nSPS) is 21.5. The van der Waals surface area contributed by atoms with Gasteiger partial charge in [-0.1, -0.05) is 23.7 Å². The highest BCUT2D eigenvalue weighted by Crippen LogP contribution is 2.29. The van der Waals surface area contributed by atoms with Crippen LogP contribution in [0.1, 0.15) is 15.9 Å². The number of nitrogens with one attached hydrogen (secondary N) is 1. The number of amidine groups is 1. The largest absolute Gasteiger partial charge is 0.478 e. The van der Waals surface area contributed by atoms with Gasteiger partial charge in [0.15, 0.2) is 0 Å². The number of hydrogen-bond donors (Lipinski definition) is 3. The average molecular weight is 288 g/mol. The Hall–Kier alpha value is -1.72. The lowest BCUT2D eigenvalue weighted by Gasteiger charge is -2.26. The van der Waals surface area contributed by atoms with Gasteiger partial charge in [0, 0.05) is 11.8 Å². The van der Waals surface area contributed by atoms with Gasteiger partial charge in [0.1, 0.15) is 5.84 Å². The van der Waals surface area contributed by atoms with Crippen LogP contribution in [0.25, 0.3) is 0 Å². The molecule has 0 spiro atoms. The highest BCUT2D eigenvalue weighted by Gasteiger charge is 2.29. The lowest BCUT2D eigenvalue weighted by atomic mass is 10.1. The first-order valence-electron chi connectivity index (χ1n) is 4.83. The highest BCUT2D eigenvalue weighted by molar-refractivity contribution is 6.24. The summed E-state index contributed by atoms with van der Waals surface area (Å²) in [6.07, 6.45) is 3.19. The molecule has 1 aromatic rings. The van der Waals surface area contributed by atoms with Gasteiger partial charge in [0.25, 0.3) is 0 Å². The van der Waals surface area contributed by atoms with Crippen LogP contribution in [0.5, 0.6) is 0 Å². The lowest BCUT2D eigenvalue weighted by molar-refractivity contribution is 0.0697. The van der Waals surface area contributed by atoms with E-state index in [1.807, 2.05) is 0 Å². The fraction of sp³-hybridized carbons (Fsp3) is 0.0909. The Bertz CT molecular complexity index is 514. The smallest absolute Gasteiger partial charge is 0.335 e. The molecule has 0 radical (unpaired) electrons. The van der Waals surface area contributed by atoms with E-state index in [1.165, 1.54) is 12.1 Å². The summed E-state index contributed by atoms with van der Waals surface area (Å²) in [6, 6.07) is 6.12. The summed E-state index contributed by atoms with van der Waals surface area (Å²) < 4.78 is 0. The zero-order chi connectivity index (χ0) is 12.5. The Balaban J connectivity index is 0.00000162. The van der Waals surface area contributed by atoms with Gasteiger partial charge in [-0.25, -0.2) is 9.79 Å². The minimum Gasteiger partial charge on any atom is -0.478 e. The number of carboxylic acids is 1. The number of aromatic carboxylic acids is 1. The average Bonchev–Trinajstić information content (AvgIpc) is 2.29. The number of aliphatic imine (C=N–C) groups is 1. The summed E-state index contributed by atoms with van der Waals surface area (Å²) in [4.78, 5) is 14.8. The lowest BCUT2D eigenvalue weighted by Crippen LogP contribution is -2.36. The summed E-state index contributed by atoms with van der Waals surface area (Å²) >= 11 is 6.25. The van der Waals surface area contributed by atoms with Crippen LogP contribution in [0, 0.1) is 0 Å². The molecular weight excluding hydrogens is 277 g/mol. The zero-order valence-electron chi connectivity index (χ0n) is 9.13. The van der Waals surface area contributed by atoms with Gasteiger partial charge in [0.05, 0.1) is 5.56 Å². The fourth-order valence-electron chi connectivity index (χ4n) is 1.47. The van der Waals surface area contributed by atoms with E-state index in [1.54, 1.807) is 24.4 Å². The number of halogens is 2. The number of nitrogens with two attached hydrogens (primary N) is 1. The molecule has 1 aliphatic heterocycles. The van der Waals surface area contributed by atoms with Crippen LogP contribution < -0.4 is 11.1 Å². The predicted octanol–water partition coefficient (Wildman–Crippen LogP) is 1.63. The van der Waals surface area contributed by atoms with Crippen molar-refractivity contribution in [3.05, 3.63) is 47.7 Å². The minimum absolute atomic E-state index is 0. The molecule has 96 valence electrons.